The molecule has 0 saturated carbocycles. The van der Waals surface area contributed by atoms with Gasteiger partial charge in [0.05, 0.1) is 23.6 Å². The van der Waals surface area contributed by atoms with E-state index >= 15 is 0 Å². The Morgan fingerprint density at radius 1 is 1.21 bits per heavy atom. The molecular weight excluding hydrogens is 268 g/mol. The maximum atomic E-state index is 12.2. The van der Waals surface area contributed by atoms with Gasteiger partial charge in [-0.05, 0) is 20.8 Å². The first-order valence-electron chi connectivity index (χ1n) is 5.75. The van der Waals surface area contributed by atoms with Gasteiger partial charge in [0, 0.05) is 6.92 Å². The van der Waals surface area contributed by atoms with Crippen molar-refractivity contribution in [1.29, 1.82) is 0 Å². The van der Waals surface area contributed by atoms with Crippen molar-refractivity contribution in [1.82, 2.24) is 19.9 Å². The number of nitrogens with zero attached hydrogens (tertiary/aromatic N) is 2. The van der Waals surface area contributed by atoms with E-state index in [4.69, 9.17) is 4.42 Å². The van der Waals surface area contributed by atoms with E-state index in [2.05, 4.69) is 19.9 Å². The number of oxazole rings is 1. The topological polar surface area (TPSA) is 101 Å². The molecule has 7 nitrogen and oxygen atoms in total. The van der Waals surface area contributed by atoms with Gasteiger partial charge in [-0.25, -0.2) is 18.1 Å². The first kappa shape index (κ1) is 13.8. The Morgan fingerprint density at radius 3 is 2.37 bits per heavy atom. The molecule has 8 heteroatoms. The van der Waals surface area contributed by atoms with Gasteiger partial charge in [0.15, 0.2) is 5.89 Å². The van der Waals surface area contributed by atoms with E-state index < -0.39 is 10.0 Å². The van der Waals surface area contributed by atoms with Gasteiger partial charge in [-0.2, -0.15) is 5.10 Å². The molecule has 2 N–H and O–H groups in total. The molecule has 2 heterocycles. The second-order valence-electron chi connectivity index (χ2n) is 4.33. The van der Waals surface area contributed by atoms with Crippen molar-refractivity contribution in [3.05, 3.63) is 28.7 Å². The quantitative estimate of drug-likeness (QED) is 0.875. The maximum Gasteiger partial charge on any atom is 0.244 e. The molecule has 0 aliphatic heterocycles. The highest BCUT2D eigenvalue weighted by atomic mass is 32.2. The summed E-state index contributed by atoms with van der Waals surface area (Å²) >= 11 is 0. The van der Waals surface area contributed by atoms with Crippen LogP contribution in [0.15, 0.2) is 9.31 Å². The predicted molar refractivity (Wildman–Crippen MR) is 68.1 cm³/mol. The Balaban J connectivity index is 2.21. The van der Waals surface area contributed by atoms with Crippen LogP contribution in [0.3, 0.4) is 0 Å². The molecule has 0 amide bonds. The third kappa shape index (κ3) is 2.69. The molecule has 0 aliphatic carbocycles. The Morgan fingerprint density at radius 2 is 1.89 bits per heavy atom. The first-order chi connectivity index (χ1) is 8.81. The fourth-order valence-corrected chi connectivity index (χ4v) is 3.26. The van der Waals surface area contributed by atoms with Crippen molar-refractivity contribution >= 4 is 10.0 Å². The lowest BCUT2D eigenvalue weighted by Crippen LogP contribution is -2.24. The Bertz CT molecular complexity index is 680. The number of aromatic amines is 1. The third-order valence-corrected chi connectivity index (χ3v) is 4.42. The minimum Gasteiger partial charge on any atom is -0.444 e. The van der Waals surface area contributed by atoms with Crippen LogP contribution in [0.4, 0.5) is 0 Å². The van der Waals surface area contributed by atoms with Crippen LogP contribution in [0, 0.1) is 27.7 Å². The van der Waals surface area contributed by atoms with E-state index in [0.717, 1.165) is 0 Å². The van der Waals surface area contributed by atoms with Crippen LogP contribution in [-0.4, -0.2) is 23.6 Å². The predicted octanol–water partition coefficient (Wildman–Crippen LogP) is 1.11. The summed E-state index contributed by atoms with van der Waals surface area (Å²) in [6.45, 7) is 6.86. The molecule has 0 unspecified atom stereocenters. The molecule has 0 spiro atoms. The van der Waals surface area contributed by atoms with Crippen LogP contribution in [0.25, 0.3) is 0 Å². The zero-order valence-corrected chi connectivity index (χ0v) is 12.1. The number of H-pyrrole nitrogens is 1. The molecule has 0 aromatic carbocycles. The summed E-state index contributed by atoms with van der Waals surface area (Å²) in [6, 6.07) is 0. The zero-order chi connectivity index (χ0) is 14.2. The van der Waals surface area contributed by atoms with E-state index in [-0.39, 0.29) is 11.4 Å². The number of aryl methyl sites for hydroxylation is 4. The SMILES string of the molecule is Cc1nc(C)c(CNS(=O)(=O)c2c(C)n[nH]c2C)o1. The second kappa shape index (κ2) is 4.78. The standard InChI is InChI=1S/C11H16N4O3S/c1-6-10(18-9(4)13-6)5-12-19(16,17)11-7(2)14-15-8(11)3/h12H,5H2,1-4H3,(H,14,15). The second-order valence-corrected chi connectivity index (χ2v) is 6.03. The fourth-order valence-electron chi connectivity index (χ4n) is 1.91. The first-order valence-corrected chi connectivity index (χ1v) is 7.23. The van der Waals surface area contributed by atoms with Gasteiger partial charge < -0.3 is 4.42 Å². The van der Waals surface area contributed by atoms with Crippen molar-refractivity contribution < 1.29 is 12.8 Å². The van der Waals surface area contributed by atoms with E-state index in [0.29, 0.717) is 28.7 Å². The van der Waals surface area contributed by atoms with Crippen LogP contribution >= 0.6 is 0 Å². The average Bonchev–Trinajstić information content (AvgIpc) is 2.79. The summed E-state index contributed by atoms with van der Waals surface area (Å²) in [5, 5.41) is 6.53. The van der Waals surface area contributed by atoms with Gasteiger partial charge in [0.2, 0.25) is 10.0 Å². The summed E-state index contributed by atoms with van der Waals surface area (Å²) in [6.07, 6.45) is 0. The minimum absolute atomic E-state index is 0.0685. The minimum atomic E-state index is -3.62. The fraction of sp³-hybridized carbons (Fsp3) is 0.455. The molecule has 19 heavy (non-hydrogen) atoms. The highest BCUT2D eigenvalue weighted by Crippen LogP contribution is 2.17. The average molecular weight is 284 g/mol. The largest absolute Gasteiger partial charge is 0.444 e. The number of aromatic nitrogens is 3. The van der Waals surface area contributed by atoms with Crippen molar-refractivity contribution in [2.24, 2.45) is 0 Å². The molecule has 0 bridgehead atoms. The van der Waals surface area contributed by atoms with E-state index in [1.165, 1.54) is 0 Å². The molecule has 2 rings (SSSR count). The van der Waals surface area contributed by atoms with Crippen LogP contribution in [0.2, 0.25) is 0 Å². The number of hydrogen-bond donors (Lipinski definition) is 2. The smallest absolute Gasteiger partial charge is 0.244 e. The zero-order valence-electron chi connectivity index (χ0n) is 11.2. The summed E-state index contributed by atoms with van der Waals surface area (Å²) in [7, 11) is -3.62. The van der Waals surface area contributed by atoms with E-state index in [9.17, 15) is 8.42 Å². The third-order valence-electron chi connectivity index (χ3n) is 2.75. The van der Waals surface area contributed by atoms with Gasteiger partial charge in [0.25, 0.3) is 0 Å². The molecule has 104 valence electrons. The number of sulfonamides is 1. The number of nitrogens with one attached hydrogen (secondary N) is 2. The van der Waals surface area contributed by atoms with Gasteiger partial charge >= 0.3 is 0 Å². The highest BCUT2D eigenvalue weighted by molar-refractivity contribution is 7.89. The highest BCUT2D eigenvalue weighted by Gasteiger charge is 2.22. The molecule has 2 aromatic rings. The van der Waals surface area contributed by atoms with Gasteiger partial charge in [0.1, 0.15) is 10.7 Å². The van der Waals surface area contributed by atoms with Crippen molar-refractivity contribution in [2.75, 3.05) is 0 Å². The number of rotatable bonds is 4. The summed E-state index contributed by atoms with van der Waals surface area (Å²) in [5.74, 6) is 1.03. The van der Waals surface area contributed by atoms with Crippen LogP contribution in [0.5, 0.6) is 0 Å². The van der Waals surface area contributed by atoms with Crippen molar-refractivity contribution in [3.8, 4) is 0 Å². The maximum absolute atomic E-state index is 12.2. The summed E-state index contributed by atoms with van der Waals surface area (Å²) in [4.78, 5) is 4.27. The molecule has 0 saturated heterocycles. The van der Waals surface area contributed by atoms with Crippen LogP contribution in [-0.2, 0) is 16.6 Å². The lowest BCUT2D eigenvalue weighted by atomic mass is 10.4. The number of hydrogen-bond acceptors (Lipinski definition) is 5. The molecule has 2 aromatic heterocycles. The molecular formula is C11H16N4O3S. The molecule has 0 fully saturated rings. The molecule has 0 atom stereocenters. The summed E-state index contributed by atoms with van der Waals surface area (Å²) in [5.41, 5.74) is 1.63. The molecule has 0 aliphatic rings. The van der Waals surface area contributed by atoms with Gasteiger partial charge in [-0.1, -0.05) is 0 Å². The van der Waals surface area contributed by atoms with E-state index in [1.54, 1.807) is 27.7 Å². The molecule has 0 radical (unpaired) electrons. The van der Waals surface area contributed by atoms with Gasteiger partial charge in [-0.15, -0.1) is 0 Å². The Kier molecular flexibility index (Phi) is 3.46. The summed E-state index contributed by atoms with van der Waals surface area (Å²) < 4.78 is 32.2. The lowest BCUT2D eigenvalue weighted by molar-refractivity contribution is 0.466. The van der Waals surface area contributed by atoms with Crippen molar-refractivity contribution in [3.63, 3.8) is 0 Å². The lowest BCUT2D eigenvalue weighted by Gasteiger charge is -2.05. The van der Waals surface area contributed by atoms with Crippen LogP contribution in [0.1, 0.15) is 28.7 Å². The normalized spacial score (nSPS) is 12.0. The Labute approximate surface area is 111 Å². The van der Waals surface area contributed by atoms with E-state index in [1.807, 2.05) is 0 Å². The monoisotopic (exact) mass is 284 g/mol. The Hall–Kier alpha value is -1.67. The van der Waals surface area contributed by atoms with Crippen molar-refractivity contribution in [2.45, 2.75) is 39.1 Å². The van der Waals surface area contributed by atoms with Gasteiger partial charge in [-0.3, -0.25) is 5.10 Å². The van der Waals surface area contributed by atoms with Crippen LogP contribution < -0.4 is 4.72 Å².